The minimum Gasteiger partial charge on any atom is -0.492 e. The van der Waals surface area contributed by atoms with Gasteiger partial charge in [0.25, 0.3) is 0 Å². The SMILES string of the molecule is Cc1c(-c2cccc3c(C)c[nH]c23)c2c(c3c1-n1c(C)nnc1C(C)(C)N3)CCO2. The lowest BCUT2D eigenvalue weighted by Gasteiger charge is -2.36. The maximum absolute atomic E-state index is 6.26. The van der Waals surface area contributed by atoms with Crippen LogP contribution in [0.1, 0.15) is 42.2 Å². The van der Waals surface area contributed by atoms with Crippen molar-refractivity contribution in [2.45, 2.75) is 46.6 Å². The van der Waals surface area contributed by atoms with Gasteiger partial charge in [-0.25, -0.2) is 0 Å². The summed E-state index contributed by atoms with van der Waals surface area (Å²) in [6.07, 6.45) is 2.97. The van der Waals surface area contributed by atoms with Gasteiger partial charge in [0, 0.05) is 34.7 Å². The molecule has 6 rings (SSSR count). The number of benzene rings is 2. The van der Waals surface area contributed by atoms with Crippen molar-refractivity contribution in [3.63, 3.8) is 0 Å². The lowest BCUT2D eigenvalue weighted by atomic mass is 9.89. The van der Waals surface area contributed by atoms with E-state index in [4.69, 9.17) is 4.74 Å². The number of para-hydroxylation sites is 1. The number of aryl methyl sites for hydroxylation is 2. The number of aromatic amines is 1. The number of hydrogen-bond acceptors (Lipinski definition) is 4. The fourth-order valence-corrected chi connectivity index (χ4v) is 5.18. The van der Waals surface area contributed by atoms with Crippen LogP contribution in [0.25, 0.3) is 27.7 Å². The number of fused-ring (bicyclic) bond motifs is 6. The molecule has 0 atom stereocenters. The third-order valence-electron chi connectivity index (χ3n) is 6.61. The minimum atomic E-state index is -0.310. The third-order valence-corrected chi connectivity index (χ3v) is 6.61. The van der Waals surface area contributed by atoms with Gasteiger partial charge in [-0.05, 0) is 45.7 Å². The van der Waals surface area contributed by atoms with Crippen LogP contribution in [0.4, 0.5) is 5.69 Å². The van der Waals surface area contributed by atoms with Gasteiger partial charge in [-0.15, -0.1) is 10.2 Å². The number of H-pyrrole nitrogens is 1. The second kappa shape index (κ2) is 5.65. The number of ether oxygens (including phenoxy) is 1. The number of aromatic nitrogens is 4. The highest BCUT2D eigenvalue weighted by molar-refractivity contribution is 6.00. The maximum atomic E-state index is 6.26. The van der Waals surface area contributed by atoms with E-state index in [-0.39, 0.29) is 5.54 Å². The van der Waals surface area contributed by atoms with E-state index in [1.165, 1.54) is 27.6 Å². The number of hydrogen-bond donors (Lipinski definition) is 2. The van der Waals surface area contributed by atoms with Crippen LogP contribution in [0.3, 0.4) is 0 Å². The summed E-state index contributed by atoms with van der Waals surface area (Å²) in [6, 6.07) is 6.50. The molecule has 152 valence electrons. The number of nitrogens with zero attached hydrogens (tertiary/aromatic N) is 3. The third kappa shape index (κ3) is 2.08. The lowest BCUT2D eigenvalue weighted by molar-refractivity contribution is 0.358. The predicted octanol–water partition coefficient (Wildman–Crippen LogP) is 4.94. The van der Waals surface area contributed by atoms with E-state index in [1.54, 1.807) is 0 Å². The first-order valence-corrected chi connectivity index (χ1v) is 10.5. The zero-order valence-corrected chi connectivity index (χ0v) is 18.0. The smallest absolute Gasteiger partial charge is 0.162 e. The van der Waals surface area contributed by atoms with E-state index in [1.807, 2.05) is 6.92 Å². The van der Waals surface area contributed by atoms with Crippen molar-refractivity contribution in [2.24, 2.45) is 0 Å². The van der Waals surface area contributed by atoms with Gasteiger partial charge in [0.2, 0.25) is 0 Å². The Kier molecular flexibility index (Phi) is 3.31. The second-order valence-electron chi connectivity index (χ2n) is 8.99. The molecule has 0 saturated heterocycles. The Morgan fingerprint density at radius 2 is 1.97 bits per heavy atom. The van der Waals surface area contributed by atoms with Crippen LogP contribution in [0.15, 0.2) is 24.4 Å². The fraction of sp³-hybridized carbons (Fsp3) is 0.333. The molecule has 0 radical (unpaired) electrons. The number of rotatable bonds is 1. The molecule has 2 aromatic carbocycles. The first kappa shape index (κ1) is 17.6. The average molecular weight is 399 g/mol. The molecule has 6 heteroatoms. The van der Waals surface area contributed by atoms with Crippen LogP contribution in [-0.2, 0) is 12.0 Å². The molecule has 4 aromatic rings. The lowest BCUT2D eigenvalue weighted by Crippen LogP contribution is -2.36. The fourth-order valence-electron chi connectivity index (χ4n) is 5.18. The summed E-state index contributed by atoms with van der Waals surface area (Å²) in [5.74, 6) is 2.85. The molecule has 0 fully saturated rings. The topological polar surface area (TPSA) is 67.8 Å². The summed E-state index contributed by atoms with van der Waals surface area (Å²) in [5, 5.41) is 13.9. The molecule has 2 aliphatic heterocycles. The first-order chi connectivity index (χ1) is 14.4. The van der Waals surface area contributed by atoms with Gasteiger partial charge in [0.05, 0.1) is 29.0 Å². The Bertz CT molecular complexity index is 1360. The average Bonchev–Trinajstić information content (AvgIpc) is 3.42. The summed E-state index contributed by atoms with van der Waals surface area (Å²) in [6.45, 7) is 11.4. The molecule has 0 aliphatic carbocycles. The van der Waals surface area contributed by atoms with E-state index in [2.05, 4.69) is 77.2 Å². The second-order valence-corrected chi connectivity index (χ2v) is 8.99. The molecule has 4 heterocycles. The number of anilines is 1. The van der Waals surface area contributed by atoms with Gasteiger partial charge < -0.3 is 15.0 Å². The largest absolute Gasteiger partial charge is 0.492 e. The van der Waals surface area contributed by atoms with Gasteiger partial charge in [-0.3, -0.25) is 4.57 Å². The van der Waals surface area contributed by atoms with Crippen molar-refractivity contribution in [2.75, 3.05) is 11.9 Å². The van der Waals surface area contributed by atoms with Gasteiger partial charge in [0.15, 0.2) is 5.82 Å². The molecule has 6 nitrogen and oxygen atoms in total. The van der Waals surface area contributed by atoms with E-state index >= 15 is 0 Å². The van der Waals surface area contributed by atoms with Gasteiger partial charge in [0.1, 0.15) is 11.6 Å². The zero-order chi connectivity index (χ0) is 20.8. The monoisotopic (exact) mass is 399 g/mol. The molecule has 0 bridgehead atoms. The van der Waals surface area contributed by atoms with Crippen LogP contribution in [0.5, 0.6) is 5.75 Å². The van der Waals surface area contributed by atoms with Gasteiger partial charge >= 0.3 is 0 Å². The Balaban J connectivity index is 1.75. The molecule has 2 N–H and O–H groups in total. The van der Waals surface area contributed by atoms with Crippen LogP contribution in [0, 0.1) is 20.8 Å². The highest BCUT2D eigenvalue weighted by Gasteiger charge is 2.39. The molecule has 0 saturated carbocycles. The van der Waals surface area contributed by atoms with Crippen LogP contribution < -0.4 is 10.1 Å². The Hall–Kier alpha value is -3.28. The molecular weight excluding hydrogens is 374 g/mol. The molecule has 0 unspecified atom stereocenters. The van der Waals surface area contributed by atoms with Gasteiger partial charge in [-0.2, -0.15) is 0 Å². The number of nitrogens with one attached hydrogen (secondary N) is 2. The molecule has 2 aliphatic rings. The van der Waals surface area contributed by atoms with E-state index in [0.29, 0.717) is 6.61 Å². The Labute approximate surface area is 175 Å². The van der Waals surface area contributed by atoms with Crippen molar-refractivity contribution in [3.05, 3.63) is 52.7 Å². The quantitative estimate of drug-likeness (QED) is 0.476. The molecule has 0 spiro atoms. The summed E-state index contributed by atoms with van der Waals surface area (Å²) < 4.78 is 8.49. The summed E-state index contributed by atoms with van der Waals surface area (Å²) in [4.78, 5) is 3.49. The van der Waals surface area contributed by atoms with Crippen molar-refractivity contribution in [1.29, 1.82) is 0 Å². The zero-order valence-electron chi connectivity index (χ0n) is 18.0. The Morgan fingerprint density at radius 3 is 2.80 bits per heavy atom. The predicted molar refractivity (Wildman–Crippen MR) is 119 cm³/mol. The van der Waals surface area contributed by atoms with E-state index in [9.17, 15) is 0 Å². The van der Waals surface area contributed by atoms with Crippen LogP contribution in [0.2, 0.25) is 0 Å². The van der Waals surface area contributed by atoms with Crippen molar-refractivity contribution < 1.29 is 4.74 Å². The minimum absolute atomic E-state index is 0.310. The van der Waals surface area contributed by atoms with Crippen LogP contribution >= 0.6 is 0 Å². The summed E-state index contributed by atoms with van der Waals surface area (Å²) in [7, 11) is 0. The first-order valence-electron chi connectivity index (χ1n) is 10.5. The normalized spacial score (nSPS) is 16.0. The van der Waals surface area contributed by atoms with Gasteiger partial charge in [-0.1, -0.05) is 18.2 Å². The standard InChI is InChI=1S/C24H25N5O/c1-12-11-25-19-15(12)7-6-8-16(19)18-13(2)21-20(17-9-10-30-22(17)18)26-24(4,5)23-28-27-14(3)29(21)23/h6-8,11,25-26H,9-10H2,1-5H3. The van der Waals surface area contributed by atoms with E-state index < -0.39 is 0 Å². The van der Waals surface area contributed by atoms with Crippen molar-refractivity contribution in [3.8, 4) is 22.6 Å². The Morgan fingerprint density at radius 1 is 1.13 bits per heavy atom. The molecule has 30 heavy (non-hydrogen) atoms. The molecular formula is C24H25N5O. The highest BCUT2D eigenvalue weighted by Crippen LogP contribution is 2.51. The van der Waals surface area contributed by atoms with E-state index in [0.717, 1.165) is 46.3 Å². The van der Waals surface area contributed by atoms with Crippen molar-refractivity contribution in [1.82, 2.24) is 19.7 Å². The van der Waals surface area contributed by atoms with Crippen LogP contribution in [-0.4, -0.2) is 26.4 Å². The summed E-state index contributed by atoms with van der Waals surface area (Å²) in [5.41, 5.74) is 9.15. The summed E-state index contributed by atoms with van der Waals surface area (Å²) >= 11 is 0. The molecule has 0 amide bonds. The van der Waals surface area contributed by atoms with Crippen molar-refractivity contribution >= 4 is 16.6 Å². The molecule has 2 aromatic heterocycles. The maximum Gasteiger partial charge on any atom is 0.162 e. The highest BCUT2D eigenvalue weighted by atomic mass is 16.5.